The lowest BCUT2D eigenvalue weighted by molar-refractivity contribution is -0.138. The number of nitrogens with zero attached hydrogens (tertiary/aromatic N) is 1. The second kappa shape index (κ2) is 8.44. The topological polar surface area (TPSA) is 67.6 Å². The Morgan fingerprint density at radius 1 is 1.53 bits per heavy atom. The van der Waals surface area contributed by atoms with Crippen LogP contribution in [0.15, 0.2) is 0 Å². The summed E-state index contributed by atoms with van der Waals surface area (Å²) in [6.45, 7) is 13.4. The second-order valence-electron chi connectivity index (χ2n) is 5.20. The van der Waals surface area contributed by atoms with Gasteiger partial charge in [-0.25, -0.2) is 0 Å². The first kappa shape index (κ1) is 16.4. The molecule has 0 aliphatic carbocycles. The summed E-state index contributed by atoms with van der Waals surface area (Å²) in [5, 5.41) is 3.34. The van der Waals surface area contributed by atoms with Gasteiger partial charge in [0.25, 0.3) is 6.47 Å². The van der Waals surface area contributed by atoms with E-state index in [4.69, 9.17) is 5.73 Å². The Labute approximate surface area is 105 Å². The van der Waals surface area contributed by atoms with Crippen LogP contribution in [0, 0.1) is 0 Å². The van der Waals surface area contributed by atoms with Crippen molar-refractivity contribution in [2.45, 2.75) is 39.3 Å². The fourth-order valence-corrected chi connectivity index (χ4v) is 1.53. The molecule has 1 atom stereocenters. The highest BCUT2D eigenvalue weighted by Crippen LogP contribution is 2.02. The average Bonchev–Trinajstić information content (AvgIpc) is 2.21. The smallest absolute Gasteiger partial charge is 0.293 e. The van der Waals surface area contributed by atoms with Crippen LogP contribution in [-0.2, 0) is 9.53 Å². The van der Waals surface area contributed by atoms with Crippen molar-refractivity contribution in [1.29, 1.82) is 0 Å². The van der Waals surface area contributed by atoms with Crippen molar-refractivity contribution < 1.29 is 9.53 Å². The largest absolute Gasteiger partial charge is 0.462 e. The third-order valence-electron chi connectivity index (χ3n) is 2.46. The minimum Gasteiger partial charge on any atom is -0.462 e. The summed E-state index contributed by atoms with van der Waals surface area (Å²) < 4.78 is 4.55. The lowest BCUT2D eigenvalue weighted by Crippen LogP contribution is -2.51. The van der Waals surface area contributed by atoms with Crippen LogP contribution in [-0.4, -0.2) is 55.7 Å². The normalized spacial score (nSPS) is 21.4. The standard InChI is InChI=1S/C7H17N3.C5H10O2/c1-7-6-9-3-5-10(7)4-2-8;1-5(2,3)7-4-6/h7,9H,2-6,8H2,1H3;4H,1-3H3. The molecule has 1 saturated heterocycles. The Balaban J connectivity index is 0.000000325. The fraction of sp³-hybridized carbons (Fsp3) is 0.917. The van der Waals surface area contributed by atoms with Gasteiger partial charge in [0.1, 0.15) is 5.60 Å². The molecule has 0 aromatic heterocycles. The molecule has 1 unspecified atom stereocenters. The van der Waals surface area contributed by atoms with Crippen molar-refractivity contribution in [3.8, 4) is 0 Å². The molecular formula is C12H27N3O2. The molecule has 0 saturated carbocycles. The number of carbonyl (C=O) groups excluding carboxylic acids is 1. The minimum atomic E-state index is -0.318. The van der Waals surface area contributed by atoms with E-state index in [9.17, 15) is 4.79 Å². The van der Waals surface area contributed by atoms with E-state index in [1.165, 1.54) is 0 Å². The lowest BCUT2D eigenvalue weighted by atomic mass is 10.2. The summed E-state index contributed by atoms with van der Waals surface area (Å²) in [4.78, 5) is 12.0. The summed E-state index contributed by atoms with van der Waals surface area (Å²) in [5.74, 6) is 0. The monoisotopic (exact) mass is 245 g/mol. The molecular weight excluding hydrogens is 218 g/mol. The summed E-state index contributed by atoms with van der Waals surface area (Å²) in [7, 11) is 0. The van der Waals surface area contributed by atoms with Gasteiger partial charge in [0.2, 0.25) is 0 Å². The molecule has 1 fully saturated rings. The highest BCUT2D eigenvalue weighted by molar-refractivity contribution is 5.37. The van der Waals surface area contributed by atoms with Crippen molar-refractivity contribution >= 4 is 6.47 Å². The van der Waals surface area contributed by atoms with Crippen LogP contribution < -0.4 is 11.1 Å². The van der Waals surface area contributed by atoms with E-state index >= 15 is 0 Å². The van der Waals surface area contributed by atoms with Gasteiger partial charge < -0.3 is 15.8 Å². The van der Waals surface area contributed by atoms with E-state index in [0.29, 0.717) is 12.5 Å². The highest BCUT2D eigenvalue weighted by Gasteiger charge is 2.15. The first-order valence-electron chi connectivity index (χ1n) is 6.17. The number of nitrogens with one attached hydrogen (secondary N) is 1. The zero-order chi connectivity index (χ0) is 13.3. The molecule has 1 aliphatic heterocycles. The van der Waals surface area contributed by atoms with Gasteiger partial charge >= 0.3 is 0 Å². The molecule has 5 nitrogen and oxygen atoms in total. The number of hydrogen-bond acceptors (Lipinski definition) is 5. The zero-order valence-corrected chi connectivity index (χ0v) is 11.5. The fourth-order valence-electron chi connectivity index (χ4n) is 1.53. The van der Waals surface area contributed by atoms with Crippen molar-refractivity contribution in [2.24, 2.45) is 5.73 Å². The van der Waals surface area contributed by atoms with Crippen molar-refractivity contribution in [3.63, 3.8) is 0 Å². The zero-order valence-electron chi connectivity index (χ0n) is 11.5. The lowest BCUT2D eigenvalue weighted by Gasteiger charge is -2.33. The molecule has 3 N–H and O–H groups in total. The Morgan fingerprint density at radius 2 is 2.18 bits per heavy atom. The molecule has 1 rings (SSSR count). The van der Waals surface area contributed by atoms with Crippen LogP contribution in [0.1, 0.15) is 27.7 Å². The summed E-state index contributed by atoms with van der Waals surface area (Å²) >= 11 is 0. The number of carbonyl (C=O) groups is 1. The number of rotatable bonds is 3. The Morgan fingerprint density at radius 3 is 2.53 bits per heavy atom. The third-order valence-corrected chi connectivity index (χ3v) is 2.46. The van der Waals surface area contributed by atoms with Gasteiger partial charge in [-0.1, -0.05) is 0 Å². The molecule has 1 heterocycles. The minimum absolute atomic E-state index is 0.318. The van der Waals surface area contributed by atoms with Crippen molar-refractivity contribution in [3.05, 3.63) is 0 Å². The maximum Gasteiger partial charge on any atom is 0.293 e. The van der Waals surface area contributed by atoms with Crippen LogP contribution >= 0.6 is 0 Å². The maximum absolute atomic E-state index is 9.60. The van der Waals surface area contributed by atoms with Gasteiger partial charge in [0.15, 0.2) is 0 Å². The summed E-state index contributed by atoms with van der Waals surface area (Å²) in [6, 6.07) is 0.664. The predicted octanol–water partition coefficient (Wildman–Crippen LogP) is 0.197. The molecule has 0 bridgehead atoms. The van der Waals surface area contributed by atoms with E-state index in [1.807, 2.05) is 20.8 Å². The van der Waals surface area contributed by atoms with Crippen LogP contribution in [0.5, 0.6) is 0 Å². The first-order valence-corrected chi connectivity index (χ1v) is 6.17. The number of ether oxygens (including phenoxy) is 1. The van der Waals surface area contributed by atoms with Crippen LogP contribution in [0.25, 0.3) is 0 Å². The van der Waals surface area contributed by atoms with E-state index in [0.717, 1.165) is 32.7 Å². The molecule has 0 aromatic carbocycles. The summed E-state index contributed by atoms with van der Waals surface area (Å²) in [6.07, 6.45) is 0. The van der Waals surface area contributed by atoms with Gasteiger partial charge in [-0.2, -0.15) is 0 Å². The molecule has 5 heteroatoms. The Kier molecular flexibility index (Phi) is 8.12. The first-order chi connectivity index (χ1) is 7.90. The number of nitrogens with two attached hydrogens (primary N) is 1. The molecule has 0 radical (unpaired) electrons. The molecule has 0 spiro atoms. The average molecular weight is 245 g/mol. The number of piperazine rings is 1. The molecule has 0 aromatic rings. The van der Waals surface area contributed by atoms with Gasteiger partial charge in [0.05, 0.1) is 0 Å². The highest BCUT2D eigenvalue weighted by atomic mass is 16.5. The quantitative estimate of drug-likeness (QED) is 0.695. The van der Waals surface area contributed by atoms with E-state index in [-0.39, 0.29) is 5.60 Å². The van der Waals surface area contributed by atoms with Crippen LogP contribution in [0.3, 0.4) is 0 Å². The van der Waals surface area contributed by atoms with Gasteiger partial charge in [-0.05, 0) is 27.7 Å². The van der Waals surface area contributed by atoms with Crippen LogP contribution in [0.4, 0.5) is 0 Å². The van der Waals surface area contributed by atoms with Gasteiger partial charge in [0, 0.05) is 38.8 Å². The maximum atomic E-state index is 9.60. The van der Waals surface area contributed by atoms with E-state index in [2.05, 4.69) is 21.9 Å². The molecule has 0 amide bonds. The third kappa shape index (κ3) is 9.09. The molecule has 17 heavy (non-hydrogen) atoms. The SMILES string of the molecule is CC(C)(C)OC=O.CC1CNCCN1CCN. The molecule has 102 valence electrons. The molecule has 1 aliphatic rings. The van der Waals surface area contributed by atoms with Crippen LogP contribution in [0.2, 0.25) is 0 Å². The summed E-state index contributed by atoms with van der Waals surface area (Å²) in [5.41, 5.74) is 5.14. The van der Waals surface area contributed by atoms with E-state index in [1.54, 1.807) is 0 Å². The number of hydrogen-bond donors (Lipinski definition) is 2. The second-order valence-corrected chi connectivity index (χ2v) is 5.20. The van der Waals surface area contributed by atoms with Crippen molar-refractivity contribution in [2.75, 3.05) is 32.7 Å². The predicted molar refractivity (Wildman–Crippen MR) is 69.9 cm³/mol. The van der Waals surface area contributed by atoms with Gasteiger partial charge in [-0.15, -0.1) is 0 Å². The van der Waals surface area contributed by atoms with E-state index < -0.39 is 0 Å². The Bertz CT molecular complexity index is 202. The van der Waals surface area contributed by atoms with Crippen molar-refractivity contribution in [1.82, 2.24) is 10.2 Å². The Hall–Kier alpha value is -0.650. The van der Waals surface area contributed by atoms with Gasteiger partial charge in [-0.3, -0.25) is 9.69 Å².